The van der Waals surface area contributed by atoms with Crippen molar-refractivity contribution < 1.29 is 4.79 Å². The van der Waals surface area contributed by atoms with Crippen LogP contribution >= 0.6 is 12.2 Å². The zero-order valence-corrected chi connectivity index (χ0v) is 10.5. The Bertz CT molecular complexity index is 750. The lowest BCUT2D eigenvalue weighted by molar-refractivity contribution is 0.248. The average Bonchev–Trinajstić information content (AvgIpc) is 2.38. The minimum absolute atomic E-state index is 0.178. The van der Waals surface area contributed by atoms with Crippen molar-refractivity contribution in [3.63, 3.8) is 0 Å². The molecule has 1 aliphatic heterocycles. The molecule has 0 saturated heterocycles. The number of hydrogen-bond donors (Lipinski definition) is 4. The molecule has 7 heteroatoms. The lowest BCUT2D eigenvalue weighted by atomic mass is 9.99. The first kappa shape index (κ1) is 11.7. The van der Waals surface area contributed by atoms with E-state index in [9.17, 15) is 9.59 Å². The number of H-pyrrole nitrogens is 2. The number of amides is 2. The summed E-state index contributed by atoms with van der Waals surface area (Å²) in [6.45, 7) is 0. The Hall–Kier alpha value is -2.41. The highest BCUT2D eigenvalue weighted by molar-refractivity contribution is 7.71. The Balaban J connectivity index is 2.23. The van der Waals surface area contributed by atoms with Crippen molar-refractivity contribution in [1.29, 1.82) is 0 Å². The summed E-state index contributed by atoms with van der Waals surface area (Å²) in [7, 11) is 0. The maximum Gasteiger partial charge on any atom is 0.321 e. The topological polar surface area (TPSA) is 89.8 Å². The Morgan fingerprint density at radius 1 is 1.05 bits per heavy atom. The SMILES string of the molecule is O=C1Nc2[nH]c(=S)[nH]c(=O)c2C(c2ccccc2)N1. The normalized spacial score (nSPS) is 17.3. The molecule has 1 aromatic carbocycles. The van der Waals surface area contributed by atoms with Crippen molar-refractivity contribution in [2.45, 2.75) is 6.04 Å². The Morgan fingerprint density at radius 3 is 2.53 bits per heavy atom. The molecule has 1 aromatic heterocycles. The van der Waals surface area contributed by atoms with Crippen LogP contribution in [0.1, 0.15) is 17.2 Å². The van der Waals surface area contributed by atoms with Crippen molar-refractivity contribution in [1.82, 2.24) is 15.3 Å². The number of carbonyl (C=O) groups is 1. The Kier molecular flexibility index (Phi) is 2.68. The first-order chi connectivity index (χ1) is 9.15. The number of hydrogen-bond acceptors (Lipinski definition) is 3. The van der Waals surface area contributed by atoms with Gasteiger partial charge in [0.2, 0.25) is 0 Å². The molecular weight excluding hydrogens is 264 g/mol. The summed E-state index contributed by atoms with van der Waals surface area (Å²) in [4.78, 5) is 29.0. The molecule has 4 N–H and O–H groups in total. The summed E-state index contributed by atoms with van der Waals surface area (Å²) in [5.74, 6) is 0.339. The molecule has 0 aliphatic carbocycles. The molecule has 1 atom stereocenters. The smallest absolute Gasteiger partial charge is 0.321 e. The molecule has 6 nitrogen and oxygen atoms in total. The second-order valence-corrected chi connectivity index (χ2v) is 4.55. The summed E-state index contributed by atoms with van der Waals surface area (Å²) in [6, 6.07) is 8.39. The molecular formula is C12H10N4O2S. The first-order valence-electron chi connectivity index (χ1n) is 5.64. The predicted octanol–water partition coefficient (Wildman–Crippen LogP) is 1.66. The zero-order valence-electron chi connectivity index (χ0n) is 9.69. The van der Waals surface area contributed by atoms with Gasteiger partial charge in [0.1, 0.15) is 5.82 Å². The third-order valence-corrected chi connectivity index (χ3v) is 3.12. The maximum atomic E-state index is 12.0. The van der Waals surface area contributed by atoms with E-state index in [-0.39, 0.29) is 16.4 Å². The van der Waals surface area contributed by atoms with Gasteiger partial charge in [-0.3, -0.25) is 15.1 Å². The van der Waals surface area contributed by atoms with E-state index in [0.29, 0.717) is 11.4 Å². The van der Waals surface area contributed by atoms with Gasteiger partial charge in [0.15, 0.2) is 4.77 Å². The van der Waals surface area contributed by atoms with Crippen LogP contribution in [0.25, 0.3) is 0 Å². The fraction of sp³-hybridized carbons (Fsp3) is 0.0833. The van der Waals surface area contributed by atoms with Crippen molar-refractivity contribution in [3.8, 4) is 0 Å². The van der Waals surface area contributed by atoms with Gasteiger partial charge in [0.05, 0.1) is 11.6 Å². The van der Waals surface area contributed by atoms with Crippen LogP contribution in [0.2, 0.25) is 0 Å². The number of aromatic nitrogens is 2. The van der Waals surface area contributed by atoms with Gasteiger partial charge >= 0.3 is 6.03 Å². The van der Waals surface area contributed by atoms with Gasteiger partial charge in [-0.15, -0.1) is 0 Å². The van der Waals surface area contributed by atoms with Gasteiger partial charge in [-0.2, -0.15) is 0 Å². The van der Waals surface area contributed by atoms with Crippen LogP contribution in [-0.4, -0.2) is 16.0 Å². The highest BCUT2D eigenvalue weighted by Crippen LogP contribution is 2.26. The molecule has 1 aliphatic rings. The van der Waals surface area contributed by atoms with Crippen LogP contribution in [0.5, 0.6) is 0 Å². The van der Waals surface area contributed by atoms with Crippen LogP contribution in [0.4, 0.5) is 10.6 Å². The van der Waals surface area contributed by atoms with Crippen molar-refractivity contribution in [3.05, 3.63) is 56.6 Å². The molecule has 1 unspecified atom stereocenters. The minimum Gasteiger partial charge on any atom is -0.327 e. The van der Waals surface area contributed by atoms with Gasteiger partial charge in [0, 0.05) is 0 Å². The third kappa shape index (κ3) is 2.04. The van der Waals surface area contributed by atoms with Crippen LogP contribution in [0, 0.1) is 4.77 Å². The van der Waals surface area contributed by atoms with Crippen LogP contribution in [-0.2, 0) is 0 Å². The molecule has 0 spiro atoms. The number of urea groups is 1. The molecule has 2 amide bonds. The van der Waals surface area contributed by atoms with Gasteiger partial charge in [-0.25, -0.2) is 4.79 Å². The summed E-state index contributed by atoms with van der Waals surface area (Å²) < 4.78 is 0.178. The number of fused-ring (bicyclic) bond motifs is 1. The molecule has 19 heavy (non-hydrogen) atoms. The van der Waals surface area contributed by atoms with E-state index < -0.39 is 6.04 Å². The molecule has 0 bridgehead atoms. The van der Waals surface area contributed by atoms with E-state index in [1.807, 2.05) is 30.3 Å². The fourth-order valence-electron chi connectivity index (χ4n) is 2.12. The molecule has 96 valence electrons. The van der Waals surface area contributed by atoms with E-state index in [1.165, 1.54) is 0 Å². The van der Waals surface area contributed by atoms with Gasteiger partial charge in [0.25, 0.3) is 5.56 Å². The molecule has 2 heterocycles. The molecule has 0 saturated carbocycles. The summed E-state index contributed by atoms with van der Waals surface area (Å²) in [6.07, 6.45) is 0. The molecule has 2 aromatic rings. The minimum atomic E-state index is -0.499. The number of carbonyl (C=O) groups excluding carboxylic acids is 1. The largest absolute Gasteiger partial charge is 0.327 e. The van der Waals surface area contributed by atoms with Crippen LogP contribution in [0.3, 0.4) is 0 Å². The zero-order chi connectivity index (χ0) is 13.4. The number of anilines is 1. The van der Waals surface area contributed by atoms with E-state index in [2.05, 4.69) is 20.6 Å². The Morgan fingerprint density at radius 2 is 1.79 bits per heavy atom. The third-order valence-electron chi connectivity index (χ3n) is 2.92. The number of nitrogens with one attached hydrogen (secondary N) is 4. The number of benzene rings is 1. The van der Waals surface area contributed by atoms with E-state index in [1.54, 1.807) is 0 Å². The lowest BCUT2D eigenvalue weighted by Gasteiger charge is -2.26. The van der Waals surface area contributed by atoms with Crippen molar-refractivity contribution >= 4 is 24.1 Å². The standard InChI is InChI=1S/C12H10N4O2S/c17-10-7-8(6-4-2-1-3-5-6)13-11(18)14-9(7)15-12(19)16-10/h1-5,8H,(H4,13,14,15,16,17,18,19). The summed E-state index contributed by atoms with van der Waals surface area (Å²) >= 11 is 4.90. The number of aromatic amines is 2. The van der Waals surface area contributed by atoms with Gasteiger partial charge < -0.3 is 10.3 Å². The quantitative estimate of drug-likeness (QED) is 0.596. The lowest BCUT2D eigenvalue weighted by Crippen LogP contribution is -2.42. The van der Waals surface area contributed by atoms with Crippen LogP contribution in [0.15, 0.2) is 35.1 Å². The number of rotatable bonds is 1. The molecule has 3 rings (SSSR count). The average molecular weight is 274 g/mol. The van der Waals surface area contributed by atoms with E-state index in [4.69, 9.17) is 12.2 Å². The summed E-state index contributed by atoms with van der Waals surface area (Å²) in [5.41, 5.74) is 0.925. The monoisotopic (exact) mass is 274 g/mol. The van der Waals surface area contributed by atoms with Gasteiger partial charge in [-0.1, -0.05) is 30.3 Å². The van der Waals surface area contributed by atoms with Crippen LogP contribution < -0.4 is 16.2 Å². The van der Waals surface area contributed by atoms with Crippen molar-refractivity contribution in [2.75, 3.05) is 5.32 Å². The molecule has 0 radical (unpaired) electrons. The maximum absolute atomic E-state index is 12.0. The van der Waals surface area contributed by atoms with Crippen molar-refractivity contribution in [2.24, 2.45) is 0 Å². The first-order valence-corrected chi connectivity index (χ1v) is 6.05. The second-order valence-electron chi connectivity index (χ2n) is 4.14. The molecule has 0 fully saturated rings. The highest BCUT2D eigenvalue weighted by atomic mass is 32.1. The second kappa shape index (κ2) is 4.36. The van der Waals surface area contributed by atoms with E-state index >= 15 is 0 Å². The fourth-order valence-corrected chi connectivity index (χ4v) is 2.31. The van der Waals surface area contributed by atoms with Gasteiger partial charge in [-0.05, 0) is 17.8 Å². The Labute approximate surface area is 112 Å². The highest BCUT2D eigenvalue weighted by Gasteiger charge is 2.28. The van der Waals surface area contributed by atoms with E-state index in [0.717, 1.165) is 5.56 Å². The summed E-state index contributed by atoms with van der Waals surface area (Å²) in [5, 5.41) is 5.27. The predicted molar refractivity (Wildman–Crippen MR) is 72.7 cm³/mol.